The van der Waals surface area contributed by atoms with Crippen LogP contribution in [0.25, 0.3) is 11.0 Å². The summed E-state index contributed by atoms with van der Waals surface area (Å²) in [4.78, 5) is 22.6. The van der Waals surface area contributed by atoms with E-state index in [9.17, 15) is 9.59 Å². The topological polar surface area (TPSA) is 56.5 Å². The molecule has 1 aromatic carbocycles. The molecule has 4 nitrogen and oxygen atoms in total. The van der Waals surface area contributed by atoms with Gasteiger partial charge in [-0.25, -0.2) is 9.59 Å². The minimum Gasteiger partial charge on any atom is -0.465 e. The largest absolute Gasteiger partial charge is 0.465 e. The van der Waals surface area contributed by atoms with Crippen LogP contribution in [0.4, 0.5) is 0 Å². The fourth-order valence-corrected chi connectivity index (χ4v) is 1.59. The second-order valence-electron chi connectivity index (χ2n) is 3.47. The predicted octanol–water partition coefficient (Wildman–Crippen LogP) is 1.89. The molecule has 82 valence electrons. The number of methoxy groups -OCH3 is 1. The fourth-order valence-electron chi connectivity index (χ4n) is 1.59. The van der Waals surface area contributed by atoms with Crippen LogP contribution < -0.4 is 5.63 Å². The molecule has 0 fully saturated rings. The summed E-state index contributed by atoms with van der Waals surface area (Å²) < 4.78 is 9.69. The smallest absolute Gasteiger partial charge is 0.338 e. The van der Waals surface area contributed by atoms with Crippen LogP contribution >= 0.6 is 0 Å². The van der Waals surface area contributed by atoms with Gasteiger partial charge in [0.1, 0.15) is 5.58 Å². The van der Waals surface area contributed by atoms with Crippen LogP contribution in [-0.4, -0.2) is 13.1 Å². The van der Waals surface area contributed by atoms with E-state index < -0.39 is 11.6 Å². The van der Waals surface area contributed by atoms with Gasteiger partial charge < -0.3 is 9.15 Å². The van der Waals surface area contributed by atoms with Gasteiger partial charge in [0.05, 0.1) is 12.7 Å². The lowest BCUT2D eigenvalue weighted by molar-refractivity contribution is 0.0603. The Hall–Kier alpha value is -2.10. The molecule has 0 spiro atoms. The number of hydrogen-bond acceptors (Lipinski definition) is 4. The highest BCUT2D eigenvalue weighted by Gasteiger charge is 2.12. The summed E-state index contributed by atoms with van der Waals surface area (Å²) >= 11 is 0. The molecule has 2 rings (SSSR count). The van der Waals surface area contributed by atoms with E-state index >= 15 is 0 Å². The van der Waals surface area contributed by atoms with Crippen molar-refractivity contribution in [2.24, 2.45) is 0 Å². The number of hydrogen-bond donors (Lipinski definition) is 0. The Morgan fingerprint density at radius 1 is 1.31 bits per heavy atom. The zero-order valence-electron chi connectivity index (χ0n) is 8.94. The van der Waals surface area contributed by atoms with Crippen molar-refractivity contribution >= 4 is 16.9 Å². The Bertz CT molecular complexity index is 610. The summed E-state index contributed by atoms with van der Waals surface area (Å²) in [6, 6.07) is 6.26. The Balaban J connectivity index is 2.82. The molecule has 0 aliphatic rings. The first kappa shape index (κ1) is 10.4. The van der Waals surface area contributed by atoms with Crippen LogP contribution in [0.2, 0.25) is 0 Å². The molecule has 16 heavy (non-hydrogen) atoms. The summed E-state index contributed by atoms with van der Waals surface area (Å²) in [5, 5.41) is 0.581. The number of esters is 1. The summed E-state index contributed by atoms with van der Waals surface area (Å²) in [5.74, 6) is -0.442. The highest BCUT2D eigenvalue weighted by atomic mass is 16.5. The Kier molecular flexibility index (Phi) is 2.48. The molecular formula is C12H10O4. The van der Waals surface area contributed by atoms with Gasteiger partial charge in [-0.2, -0.15) is 0 Å². The lowest BCUT2D eigenvalue weighted by atomic mass is 10.1. The minimum absolute atomic E-state index is 0.396. The van der Waals surface area contributed by atoms with Crippen molar-refractivity contribution < 1.29 is 13.9 Å². The van der Waals surface area contributed by atoms with Gasteiger partial charge in [0.25, 0.3) is 0 Å². The third kappa shape index (κ3) is 1.69. The van der Waals surface area contributed by atoms with E-state index in [-0.39, 0.29) is 0 Å². The molecule has 1 heterocycles. The minimum atomic E-state index is -0.442. The van der Waals surface area contributed by atoms with Crippen LogP contribution in [0.1, 0.15) is 15.9 Å². The van der Waals surface area contributed by atoms with Gasteiger partial charge in [0.15, 0.2) is 0 Å². The van der Waals surface area contributed by atoms with Crippen LogP contribution in [0, 0.1) is 6.92 Å². The third-order valence-electron chi connectivity index (χ3n) is 2.29. The van der Waals surface area contributed by atoms with Crippen molar-refractivity contribution in [3.63, 3.8) is 0 Å². The quantitative estimate of drug-likeness (QED) is 0.541. The van der Waals surface area contributed by atoms with Gasteiger partial charge in [0.2, 0.25) is 0 Å². The number of aryl methyl sites for hydroxylation is 1. The van der Waals surface area contributed by atoms with E-state index in [0.717, 1.165) is 5.56 Å². The highest BCUT2D eigenvalue weighted by Crippen LogP contribution is 2.20. The van der Waals surface area contributed by atoms with Gasteiger partial charge in [-0.1, -0.05) is 0 Å². The molecule has 2 aromatic rings. The first-order valence-electron chi connectivity index (χ1n) is 4.74. The number of carbonyl (C=O) groups is 1. The lowest BCUT2D eigenvalue weighted by Gasteiger charge is -2.04. The molecule has 0 aliphatic heterocycles. The van der Waals surface area contributed by atoms with Gasteiger partial charge in [-0.3, -0.25) is 0 Å². The lowest BCUT2D eigenvalue weighted by Crippen LogP contribution is -2.04. The van der Waals surface area contributed by atoms with Crippen molar-refractivity contribution in [3.05, 3.63) is 45.8 Å². The standard InChI is InChI=1S/C12H10O4/c1-7-5-9(12(14)15-2)8-3-4-11(13)16-10(8)6-7/h3-6H,1-2H3. The van der Waals surface area contributed by atoms with Crippen molar-refractivity contribution in [1.29, 1.82) is 0 Å². The van der Waals surface area contributed by atoms with E-state index in [1.807, 2.05) is 6.92 Å². The van der Waals surface area contributed by atoms with Crippen molar-refractivity contribution in [1.82, 2.24) is 0 Å². The van der Waals surface area contributed by atoms with Crippen LogP contribution in [0.15, 0.2) is 33.5 Å². The molecule has 4 heteroatoms. The summed E-state index contributed by atoms with van der Waals surface area (Å²) in [5.41, 5.74) is 1.20. The van der Waals surface area contributed by atoms with E-state index in [1.54, 1.807) is 18.2 Å². The fraction of sp³-hybridized carbons (Fsp3) is 0.167. The third-order valence-corrected chi connectivity index (χ3v) is 2.29. The second-order valence-corrected chi connectivity index (χ2v) is 3.47. The molecule has 0 aliphatic carbocycles. The van der Waals surface area contributed by atoms with Gasteiger partial charge in [-0.05, 0) is 30.7 Å². The van der Waals surface area contributed by atoms with Gasteiger partial charge in [-0.15, -0.1) is 0 Å². The molecule has 0 amide bonds. The normalized spacial score (nSPS) is 10.4. The maximum Gasteiger partial charge on any atom is 0.338 e. The molecule has 0 bridgehead atoms. The van der Waals surface area contributed by atoms with Crippen LogP contribution in [-0.2, 0) is 4.74 Å². The Morgan fingerprint density at radius 3 is 2.75 bits per heavy atom. The SMILES string of the molecule is COC(=O)c1cc(C)cc2oc(=O)ccc12. The average molecular weight is 218 g/mol. The number of rotatable bonds is 1. The van der Waals surface area contributed by atoms with Crippen LogP contribution in [0.3, 0.4) is 0 Å². The molecule has 0 radical (unpaired) electrons. The van der Waals surface area contributed by atoms with Crippen molar-refractivity contribution in [2.45, 2.75) is 6.92 Å². The molecule has 0 saturated heterocycles. The number of fused-ring (bicyclic) bond motifs is 1. The Labute approximate surface area is 91.4 Å². The Morgan fingerprint density at radius 2 is 2.06 bits per heavy atom. The molecule has 1 aromatic heterocycles. The van der Waals surface area contributed by atoms with Crippen LogP contribution in [0.5, 0.6) is 0 Å². The molecule has 0 unspecified atom stereocenters. The van der Waals surface area contributed by atoms with Crippen molar-refractivity contribution in [3.8, 4) is 0 Å². The van der Waals surface area contributed by atoms with E-state index in [4.69, 9.17) is 4.42 Å². The first-order chi connectivity index (χ1) is 7.61. The first-order valence-corrected chi connectivity index (χ1v) is 4.74. The van der Waals surface area contributed by atoms with E-state index in [1.165, 1.54) is 13.2 Å². The number of carbonyl (C=O) groups excluding carboxylic acids is 1. The van der Waals surface area contributed by atoms with Gasteiger partial charge >= 0.3 is 11.6 Å². The average Bonchev–Trinajstić information content (AvgIpc) is 2.26. The zero-order chi connectivity index (χ0) is 11.7. The van der Waals surface area contributed by atoms with E-state index in [0.29, 0.717) is 16.5 Å². The predicted molar refractivity (Wildman–Crippen MR) is 58.6 cm³/mol. The van der Waals surface area contributed by atoms with Crippen molar-refractivity contribution in [2.75, 3.05) is 7.11 Å². The number of ether oxygens (including phenoxy) is 1. The summed E-state index contributed by atoms with van der Waals surface area (Å²) in [6.45, 7) is 1.82. The molecule has 0 saturated carbocycles. The molecule has 0 N–H and O–H groups in total. The monoisotopic (exact) mass is 218 g/mol. The molecule has 0 atom stereocenters. The molecular weight excluding hydrogens is 208 g/mol. The summed E-state index contributed by atoms with van der Waals surface area (Å²) in [6.07, 6.45) is 0. The maximum absolute atomic E-state index is 11.5. The van der Waals surface area contributed by atoms with Gasteiger partial charge in [0, 0.05) is 11.5 Å². The number of benzene rings is 1. The zero-order valence-corrected chi connectivity index (χ0v) is 8.94. The van der Waals surface area contributed by atoms with E-state index in [2.05, 4.69) is 4.74 Å². The maximum atomic E-state index is 11.5. The highest BCUT2D eigenvalue weighted by molar-refractivity contribution is 6.03. The summed E-state index contributed by atoms with van der Waals surface area (Å²) in [7, 11) is 1.32. The second kappa shape index (κ2) is 3.81.